The number of hydrogen-bond acceptors (Lipinski definition) is 8. The summed E-state index contributed by atoms with van der Waals surface area (Å²) in [5.74, 6) is 1.48. The minimum absolute atomic E-state index is 0.118. The zero-order valence-corrected chi connectivity index (χ0v) is 14.1. The third-order valence-corrected chi connectivity index (χ3v) is 4.39. The molecule has 0 atom stereocenters. The molecule has 9 nitrogen and oxygen atoms in total. The van der Waals surface area contributed by atoms with Crippen LogP contribution in [-0.4, -0.2) is 96.5 Å². The summed E-state index contributed by atoms with van der Waals surface area (Å²) in [5.41, 5.74) is 0. The van der Waals surface area contributed by atoms with Gasteiger partial charge in [-0.15, -0.1) is 5.10 Å². The van der Waals surface area contributed by atoms with Crippen molar-refractivity contribution in [1.29, 1.82) is 0 Å². The third-order valence-electron chi connectivity index (χ3n) is 4.39. The van der Waals surface area contributed by atoms with E-state index in [0.717, 1.165) is 58.3 Å². The molecule has 1 N–H and O–H groups in total. The van der Waals surface area contributed by atoms with Crippen LogP contribution in [0.4, 0.5) is 11.8 Å². The number of amides is 1. The molecule has 0 bridgehead atoms. The normalized spacial score (nSPS) is 19.4. The minimum Gasteiger partial charge on any atom is -0.379 e. The van der Waals surface area contributed by atoms with Crippen molar-refractivity contribution in [3.63, 3.8) is 0 Å². The summed E-state index contributed by atoms with van der Waals surface area (Å²) in [6.45, 7) is 9.84. The van der Waals surface area contributed by atoms with Gasteiger partial charge in [0, 0.05) is 59.3 Å². The smallest absolute Gasteiger partial charge is 0.247 e. The summed E-state index contributed by atoms with van der Waals surface area (Å²) >= 11 is 0. The lowest BCUT2D eigenvalue weighted by atomic mass is 10.3. The maximum atomic E-state index is 11.4. The number of morpholine rings is 1. The molecule has 0 aliphatic carbocycles. The number of carbonyl (C=O) groups is 1. The summed E-state index contributed by atoms with van der Waals surface area (Å²) in [4.78, 5) is 22.2. The van der Waals surface area contributed by atoms with Gasteiger partial charge < -0.3 is 19.9 Å². The number of carbonyl (C=O) groups excluding carboxylic acids is 1. The molecule has 0 aromatic carbocycles. The van der Waals surface area contributed by atoms with Gasteiger partial charge in [0.25, 0.3) is 0 Å². The lowest BCUT2D eigenvalue weighted by molar-refractivity contribution is -0.129. The summed E-state index contributed by atoms with van der Waals surface area (Å²) in [6.07, 6.45) is 1.65. The zero-order valence-electron chi connectivity index (χ0n) is 14.1. The van der Waals surface area contributed by atoms with Crippen molar-refractivity contribution in [2.45, 2.75) is 6.92 Å². The van der Waals surface area contributed by atoms with Crippen molar-refractivity contribution in [1.82, 2.24) is 25.0 Å². The van der Waals surface area contributed by atoms with Gasteiger partial charge >= 0.3 is 0 Å². The molecule has 3 heterocycles. The number of nitrogens with one attached hydrogen (secondary N) is 1. The van der Waals surface area contributed by atoms with Crippen LogP contribution in [0, 0.1) is 0 Å². The van der Waals surface area contributed by atoms with Gasteiger partial charge in [0.2, 0.25) is 11.9 Å². The van der Waals surface area contributed by atoms with E-state index in [9.17, 15) is 4.79 Å². The number of anilines is 2. The van der Waals surface area contributed by atoms with E-state index in [1.54, 1.807) is 13.1 Å². The summed E-state index contributed by atoms with van der Waals surface area (Å²) in [7, 11) is 0. The number of ether oxygens (including phenoxy) is 1. The number of aromatic nitrogens is 3. The second kappa shape index (κ2) is 8.20. The highest BCUT2D eigenvalue weighted by Crippen LogP contribution is 2.12. The Morgan fingerprint density at radius 1 is 1.21 bits per heavy atom. The first kappa shape index (κ1) is 16.8. The fourth-order valence-electron chi connectivity index (χ4n) is 2.90. The Morgan fingerprint density at radius 2 is 1.96 bits per heavy atom. The lowest BCUT2D eigenvalue weighted by Gasteiger charge is -2.33. The van der Waals surface area contributed by atoms with Crippen LogP contribution < -0.4 is 10.2 Å². The monoisotopic (exact) mass is 335 g/mol. The van der Waals surface area contributed by atoms with E-state index in [1.165, 1.54) is 0 Å². The molecule has 132 valence electrons. The molecule has 2 fully saturated rings. The molecule has 0 spiro atoms. The summed E-state index contributed by atoms with van der Waals surface area (Å²) in [6, 6.07) is 0. The van der Waals surface area contributed by atoms with Crippen molar-refractivity contribution in [3.05, 3.63) is 6.20 Å². The van der Waals surface area contributed by atoms with Crippen LogP contribution in [0.25, 0.3) is 0 Å². The molecule has 1 aromatic heterocycles. The fraction of sp³-hybridized carbons (Fsp3) is 0.733. The molecule has 24 heavy (non-hydrogen) atoms. The Bertz CT molecular complexity index is 542. The average Bonchev–Trinajstić information content (AvgIpc) is 2.63. The minimum atomic E-state index is 0.118. The van der Waals surface area contributed by atoms with Crippen molar-refractivity contribution >= 4 is 17.7 Å². The van der Waals surface area contributed by atoms with Gasteiger partial charge in [-0.25, -0.2) is 0 Å². The second-order valence-electron chi connectivity index (χ2n) is 6.02. The Kier molecular flexibility index (Phi) is 5.76. The van der Waals surface area contributed by atoms with Crippen molar-refractivity contribution < 1.29 is 9.53 Å². The standard InChI is InChI=1S/C15H25N7O2/c1-13(23)21-4-6-22(7-5-21)15-18-14(12-17-19-15)16-2-3-20-8-10-24-11-9-20/h12H,2-11H2,1H3,(H,16,18,19). The van der Waals surface area contributed by atoms with Crippen molar-refractivity contribution in [2.75, 3.05) is 75.8 Å². The fourth-order valence-corrected chi connectivity index (χ4v) is 2.90. The van der Waals surface area contributed by atoms with Crippen molar-refractivity contribution in [3.8, 4) is 0 Å². The van der Waals surface area contributed by atoms with Gasteiger partial charge in [0.05, 0.1) is 19.4 Å². The van der Waals surface area contributed by atoms with Gasteiger partial charge in [-0.1, -0.05) is 0 Å². The summed E-state index contributed by atoms with van der Waals surface area (Å²) in [5, 5.41) is 11.5. The quantitative estimate of drug-likeness (QED) is 0.755. The van der Waals surface area contributed by atoms with Crippen LogP contribution in [0.1, 0.15) is 6.92 Å². The molecule has 0 radical (unpaired) electrons. The maximum absolute atomic E-state index is 11.4. The Labute approximate surface area is 142 Å². The highest BCUT2D eigenvalue weighted by molar-refractivity contribution is 5.73. The molecule has 2 aliphatic heterocycles. The maximum Gasteiger partial charge on any atom is 0.247 e. The average molecular weight is 335 g/mol. The number of nitrogens with zero attached hydrogens (tertiary/aromatic N) is 6. The molecule has 0 saturated carbocycles. The van der Waals surface area contributed by atoms with Crippen LogP contribution in [0.15, 0.2) is 6.20 Å². The van der Waals surface area contributed by atoms with E-state index in [1.807, 2.05) is 4.90 Å². The molecule has 2 saturated heterocycles. The van der Waals surface area contributed by atoms with Crippen LogP contribution >= 0.6 is 0 Å². The van der Waals surface area contributed by atoms with Crippen molar-refractivity contribution in [2.24, 2.45) is 0 Å². The van der Waals surface area contributed by atoms with E-state index in [4.69, 9.17) is 4.74 Å². The topological polar surface area (TPSA) is 86.7 Å². The van der Waals surface area contributed by atoms with E-state index < -0.39 is 0 Å². The SMILES string of the molecule is CC(=O)N1CCN(c2nncc(NCCN3CCOCC3)n2)CC1. The molecule has 3 rings (SSSR count). The van der Waals surface area contributed by atoms with Crippen LogP contribution in [0.2, 0.25) is 0 Å². The van der Waals surface area contributed by atoms with E-state index in [-0.39, 0.29) is 5.91 Å². The highest BCUT2D eigenvalue weighted by atomic mass is 16.5. The van der Waals surface area contributed by atoms with Gasteiger partial charge in [-0.3, -0.25) is 9.69 Å². The third kappa shape index (κ3) is 4.51. The van der Waals surface area contributed by atoms with Gasteiger partial charge in [-0.05, 0) is 0 Å². The largest absolute Gasteiger partial charge is 0.379 e. The van der Waals surface area contributed by atoms with E-state index >= 15 is 0 Å². The van der Waals surface area contributed by atoms with Gasteiger partial charge in [0.15, 0.2) is 5.82 Å². The van der Waals surface area contributed by atoms with Crippen LogP contribution in [-0.2, 0) is 9.53 Å². The first-order chi connectivity index (χ1) is 11.7. The lowest BCUT2D eigenvalue weighted by Crippen LogP contribution is -2.48. The second-order valence-corrected chi connectivity index (χ2v) is 6.02. The first-order valence-electron chi connectivity index (χ1n) is 8.46. The van der Waals surface area contributed by atoms with E-state index in [0.29, 0.717) is 19.0 Å². The van der Waals surface area contributed by atoms with Gasteiger partial charge in [0.1, 0.15) is 0 Å². The first-order valence-corrected chi connectivity index (χ1v) is 8.46. The number of hydrogen-bond donors (Lipinski definition) is 1. The molecule has 1 amide bonds. The molecule has 2 aliphatic rings. The zero-order chi connectivity index (χ0) is 16.8. The number of rotatable bonds is 5. The molecule has 9 heteroatoms. The molecule has 1 aromatic rings. The Balaban J connectivity index is 1.48. The molecule has 0 unspecified atom stereocenters. The van der Waals surface area contributed by atoms with Crippen LogP contribution in [0.5, 0.6) is 0 Å². The summed E-state index contributed by atoms with van der Waals surface area (Å²) < 4.78 is 5.35. The predicted molar refractivity (Wildman–Crippen MR) is 90.0 cm³/mol. The predicted octanol–water partition coefficient (Wildman–Crippen LogP) is -0.716. The van der Waals surface area contributed by atoms with Gasteiger partial charge in [-0.2, -0.15) is 10.1 Å². The number of piperazine rings is 1. The molecular weight excluding hydrogens is 310 g/mol. The highest BCUT2D eigenvalue weighted by Gasteiger charge is 2.20. The van der Waals surface area contributed by atoms with Crippen LogP contribution in [0.3, 0.4) is 0 Å². The molecular formula is C15H25N7O2. The Hall–Kier alpha value is -2.00. The Morgan fingerprint density at radius 3 is 2.67 bits per heavy atom. The van der Waals surface area contributed by atoms with E-state index in [2.05, 4.69) is 30.3 Å².